The molecule has 0 spiro atoms. The fraction of sp³-hybridized carbons (Fsp3) is 1.00. The molecule has 0 aromatic heterocycles. The molecular formula is C12H27NO. The topological polar surface area (TPSA) is 21.3 Å². The van der Waals surface area contributed by atoms with Crippen LogP contribution in [0.1, 0.15) is 34.6 Å². The molecule has 0 aromatic carbocycles. The largest absolute Gasteiger partial charge is 0.380 e. The van der Waals surface area contributed by atoms with Gasteiger partial charge in [0.1, 0.15) is 0 Å². The molecule has 0 radical (unpaired) electrons. The molecule has 2 heteroatoms. The third kappa shape index (κ3) is 5.61. The van der Waals surface area contributed by atoms with E-state index < -0.39 is 0 Å². The molecule has 1 N–H and O–H groups in total. The normalized spacial score (nSPS) is 14.4. The summed E-state index contributed by atoms with van der Waals surface area (Å²) in [6.45, 7) is 13.3. The first-order valence-corrected chi connectivity index (χ1v) is 5.72. The monoisotopic (exact) mass is 201 g/mol. The lowest BCUT2D eigenvalue weighted by Gasteiger charge is -2.25. The molecule has 0 heterocycles. The highest BCUT2D eigenvalue weighted by Gasteiger charge is 2.16. The van der Waals surface area contributed by atoms with E-state index in [9.17, 15) is 0 Å². The summed E-state index contributed by atoms with van der Waals surface area (Å²) in [7, 11) is 1.76. The maximum atomic E-state index is 5.19. The first kappa shape index (κ1) is 13.9. The molecule has 0 saturated carbocycles. The number of ether oxygens (including phenoxy) is 1. The average Bonchev–Trinajstić information content (AvgIpc) is 2.10. The Morgan fingerprint density at radius 2 is 1.43 bits per heavy atom. The smallest absolute Gasteiger partial charge is 0.0667 e. The Morgan fingerprint density at radius 3 is 1.79 bits per heavy atom. The predicted octanol–water partition coefficient (Wildman–Crippen LogP) is 2.54. The van der Waals surface area contributed by atoms with E-state index in [1.165, 1.54) is 0 Å². The summed E-state index contributed by atoms with van der Waals surface area (Å²) in [6, 6.07) is 0. The highest BCUT2D eigenvalue weighted by Crippen LogP contribution is 2.19. The van der Waals surface area contributed by atoms with Gasteiger partial charge in [0.05, 0.1) is 6.10 Å². The molecule has 1 unspecified atom stereocenters. The van der Waals surface area contributed by atoms with E-state index in [2.05, 4.69) is 39.9 Å². The zero-order chi connectivity index (χ0) is 11.1. The molecule has 0 rings (SSSR count). The molecule has 0 aliphatic carbocycles. The van der Waals surface area contributed by atoms with Crippen LogP contribution in [-0.2, 0) is 4.74 Å². The van der Waals surface area contributed by atoms with Crippen molar-refractivity contribution in [1.29, 1.82) is 0 Å². The van der Waals surface area contributed by atoms with Crippen LogP contribution in [0.5, 0.6) is 0 Å². The van der Waals surface area contributed by atoms with E-state index in [0.29, 0.717) is 6.10 Å². The minimum absolute atomic E-state index is 0.315. The molecular weight excluding hydrogens is 174 g/mol. The summed E-state index contributed by atoms with van der Waals surface area (Å²) < 4.78 is 5.19. The van der Waals surface area contributed by atoms with Gasteiger partial charge >= 0.3 is 0 Å². The molecule has 14 heavy (non-hydrogen) atoms. The standard InChI is InChI=1S/C12H27NO/c1-9(2)12(10(3)4)8-13-7-11(5)14-6/h9-13H,7-8H2,1-6H3. The van der Waals surface area contributed by atoms with Crippen molar-refractivity contribution in [2.75, 3.05) is 20.2 Å². The minimum atomic E-state index is 0.315. The van der Waals surface area contributed by atoms with E-state index in [-0.39, 0.29) is 0 Å². The van der Waals surface area contributed by atoms with Crippen LogP contribution in [0.15, 0.2) is 0 Å². The Hall–Kier alpha value is -0.0800. The first-order valence-electron chi connectivity index (χ1n) is 5.72. The lowest BCUT2D eigenvalue weighted by atomic mass is 9.85. The van der Waals surface area contributed by atoms with Crippen molar-refractivity contribution >= 4 is 0 Å². The molecule has 0 aliphatic rings. The summed E-state index contributed by atoms with van der Waals surface area (Å²) in [6.07, 6.45) is 0.315. The van der Waals surface area contributed by atoms with Crippen LogP contribution in [-0.4, -0.2) is 26.3 Å². The highest BCUT2D eigenvalue weighted by atomic mass is 16.5. The third-order valence-electron chi connectivity index (χ3n) is 2.93. The SMILES string of the molecule is COC(C)CNCC(C(C)C)C(C)C. The van der Waals surface area contributed by atoms with Crippen LogP contribution in [0.2, 0.25) is 0 Å². The van der Waals surface area contributed by atoms with Gasteiger partial charge in [0.15, 0.2) is 0 Å². The second-order valence-corrected chi connectivity index (χ2v) is 4.86. The van der Waals surface area contributed by atoms with Gasteiger partial charge in [-0.3, -0.25) is 0 Å². The van der Waals surface area contributed by atoms with Crippen LogP contribution < -0.4 is 5.32 Å². The van der Waals surface area contributed by atoms with Crippen molar-refractivity contribution in [3.05, 3.63) is 0 Å². The van der Waals surface area contributed by atoms with Crippen LogP contribution in [0, 0.1) is 17.8 Å². The lowest BCUT2D eigenvalue weighted by molar-refractivity contribution is 0.114. The van der Waals surface area contributed by atoms with E-state index in [1.807, 2.05) is 0 Å². The van der Waals surface area contributed by atoms with Crippen LogP contribution in [0.25, 0.3) is 0 Å². The van der Waals surface area contributed by atoms with Gasteiger partial charge in [-0.2, -0.15) is 0 Å². The van der Waals surface area contributed by atoms with Crippen LogP contribution in [0.3, 0.4) is 0 Å². The van der Waals surface area contributed by atoms with Crippen molar-refractivity contribution in [1.82, 2.24) is 5.32 Å². The summed E-state index contributed by atoms with van der Waals surface area (Å²) in [4.78, 5) is 0. The van der Waals surface area contributed by atoms with Crippen molar-refractivity contribution in [2.24, 2.45) is 17.8 Å². The summed E-state index contributed by atoms with van der Waals surface area (Å²) in [5.74, 6) is 2.26. The van der Waals surface area contributed by atoms with Gasteiger partial charge in [-0.25, -0.2) is 0 Å². The fourth-order valence-corrected chi connectivity index (χ4v) is 1.78. The Labute approximate surface area is 89.4 Å². The molecule has 0 bridgehead atoms. The molecule has 86 valence electrons. The van der Waals surface area contributed by atoms with Gasteiger partial charge in [0.25, 0.3) is 0 Å². The zero-order valence-electron chi connectivity index (χ0n) is 10.6. The van der Waals surface area contributed by atoms with Gasteiger partial charge in [-0.05, 0) is 31.2 Å². The second-order valence-electron chi connectivity index (χ2n) is 4.86. The van der Waals surface area contributed by atoms with Gasteiger partial charge in [0.2, 0.25) is 0 Å². The maximum absolute atomic E-state index is 5.19. The van der Waals surface area contributed by atoms with Gasteiger partial charge in [0, 0.05) is 13.7 Å². The van der Waals surface area contributed by atoms with Crippen molar-refractivity contribution in [3.63, 3.8) is 0 Å². The molecule has 0 amide bonds. The lowest BCUT2D eigenvalue weighted by Crippen LogP contribution is -2.34. The number of hydrogen-bond acceptors (Lipinski definition) is 2. The summed E-state index contributed by atoms with van der Waals surface area (Å²) in [5, 5.41) is 3.47. The summed E-state index contributed by atoms with van der Waals surface area (Å²) >= 11 is 0. The average molecular weight is 201 g/mol. The van der Waals surface area contributed by atoms with E-state index in [4.69, 9.17) is 4.74 Å². The molecule has 0 aliphatic heterocycles. The summed E-state index contributed by atoms with van der Waals surface area (Å²) in [5.41, 5.74) is 0. The van der Waals surface area contributed by atoms with Crippen LogP contribution in [0.4, 0.5) is 0 Å². The molecule has 1 atom stereocenters. The first-order chi connectivity index (χ1) is 6.49. The van der Waals surface area contributed by atoms with Gasteiger partial charge in [-0.1, -0.05) is 27.7 Å². The molecule has 0 saturated heterocycles. The Morgan fingerprint density at radius 1 is 0.929 bits per heavy atom. The molecule has 2 nitrogen and oxygen atoms in total. The number of nitrogens with one attached hydrogen (secondary N) is 1. The highest BCUT2D eigenvalue weighted by molar-refractivity contribution is 4.70. The molecule has 0 aromatic rings. The Bertz CT molecular complexity index is 126. The minimum Gasteiger partial charge on any atom is -0.380 e. The zero-order valence-corrected chi connectivity index (χ0v) is 10.6. The Kier molecular flexibility index (Phi) is 7.20. The quantitative estimate of drug-likeness (QED) is 0.683. The second kappa shape index (κ2) is 7.24. The predicted molar refractivity (Wildman–Crippen MR) is 62.5 cm³/mol. The van der Waals surface area contributed by atoms with E-state index in [1.54, 1.807) is 7.11 Å². The van der Waals surface area contributed by atoms with Crippen molar-refractivity contribution < 1.29 is 4.74 Å². The number of methoxy groups -OCH3 is 1. The van der Waals surface area contributed by atoms with E-state index in [0.717, 1.165) is 30.8 Å². The maximum Gasteiger partial charge on any atom is 0.0667 e. The van der Waals surface area contributed by atoms with Crippen molar-refractivity contribution in [3.8, 4) is 0 Å². The van der Waals surface area contributed by atoms with Crippen LogP contribution >= 0.6 is 0 Å². The van der Waals surface area contributed by atoms with Crippen molar-refractivity contribution in [2.45, 2.75) is 40.7 Å². The number of rotatable bonds is 7. The van der Waals surface area contributed by atoms with Gasteiger partial charge in [-0.15, -0.1) is 0 Å². The van der Waals surface area contributed by atoms with E-state index >= 15 is 0 Å². The Balaban J connectivity index is 3.72. The van der Waals surface area contributed by atoms with Gasteiger partial charge < -0.3 is 10.1 Å². The molecule has 0 fully saturated rings. The number of hydrogen-bond donors (Lipinski definition) is 1. The fourth-order valence-electron chi connectivity index (χ4n) is 1.78. The third-order valence-corrected chi connectivity index (χ3v) is 2.93.